The molecule has 0 amide bonds. The number of aromatic nitrogens is 2. The van der Waals surface area contributed by atoms with E-state index in [2.05, 4.69) is 35.7 Å². The molecule has 0 unspecified atom stereocenters. The largest absolute Gasteiger partial charge is 0.335 e. The van der Waals surface area contributed by atoms with Gasteiger partial charge in [-0.1, -0.05) is 6.08 Å². The zero-order chi connectivity index (χ0) is 9.97. The molecular formula is C12H18N2. The van der Waals surface area contributed by atoms with Crippen LogP contribution in [0.1, 0.15) is 44.1 Å². The van der Waals surface area contributed by atoms with Crippen LogP contribution in [0.3, 0.4) is 0 Å². The van der Waals surface area contributed by atoms with E-state index in [1.165, 1.54) is 37.0 Å². The Bertz CT molecular complexity index is 347. The highest BCUT2D eigenvalue weighted by Crippen LogP contribution is 2.25. The van der Waals surface area contributed by atoms with Crippen LogP contribution in [-0.4, -0.2) is 9.55 Å². The summed E-state index contributed by atoms with van der Waals surface area (Å²) in [7, 11) is 0. The molecule has 1 heterocycles. The second kappa shape index (κ2) is 3.99. The number of aryl methyl sites for hydroxylation is 2. The van der Waals surface area contributed by atoms with Gasteiger partial charge in [-0.2, -0.15) is 0 Å². The highest BCUT2D eigenvalue weighted by molar-refractivity contribution is 5.62. The zero-order valence-corrected chi connectivity index (χ0v) is 9.08. The van der Waals surface area contributed by atoms with Crippen molar-refractivity contribution in [3.05, 3.63) is 23.8 Å². The Hall–Kier alpha value is -1.05. The topological polar surface area (TPSA) is 17.8 Å². The number of imidazole rings is 1. The minimum Gasteiger partial charge on any atom is -0.335 e. The summed E-state index contributed by atoms with van der Waals surface area (Å²) in [5.41, 5.74) is 2.65. The monoisotopic (exact) mass is 190 g/mol. The van der Waals surface area contributed by atoms with Gasteiger partial charge in [0.15, 0.2) is 0 Å². The summed E-state index contributed by atoms with van der Waals surface area (Å²) in [6.45, 7) is 5.26. The second-order valence-corrected chi connectivity index (χ2v) is 3.93. The van der Waals surface area contributed by atoms with Crippen molar-refractivity contribution < 1.29 is 0 Å². The summed E-state index contributed by atoms with van der Waals surface area (Å²) < 4.78 is 2.21. The molecule has 0 saturated heterocycles. The summed E-state index contributed by atoms with van der Waals surface area (Å²) in [6.07, 6.45) is 9.64. The Labute approximate surface area is 85.7 Å². The second-order valence-electron chi connectivity index (χ2n) is 3.93. The van der Waals surface area contributed by atoms with E-state index in [9.17, 15) is 0 Å². The predicted molar refractivity (Wildman–Crippen MR) is 59.1 cm³/mol. The first kappa shape index (κ1) is 9.50. The average Bonchev–Trinajstić information content (AvgIpc) is 2.61. The molecule has 14 heavy (non-hydrogen) atoms. The molecule has 0 radical (unpaired) electrons. The first-order chi connectivity index (χ1) is 6.81. The van der Waals surface area contributed by atoms with Crippen molar-refractivity contribution in [3.63, 3.8) is 0 Å². The molecule has 1 aromatic rings. The van der Waals surface area contributed by atoms with Crippen molar-refractivity contribution in [1.82, 2.24) is 9.55 Å². The van der Waals surface area contributed by atoms with Gasteiger partial charge in [0, 0.05) is 12.7 Å². The molecule has 0 spiro atoms. The standard InChI is InChI=1S/C12H18N2/c1-3-14-9-12(13-10(14)2)11-7-5-4-6-8-11/h7,9H,3-6,8H2,1-2H3. The first-order valence-electron chi connectivity index (χ1n) is 5.54. The lowest BCUT2D eigenvalue weighted by atomic mass is 9.98. The fourth-order valence-electron chi connectivity index (χ4n) is 2.05. The van der Waals surface area contributed by atoms with Gasteiger partial charge in [-0.05, 0) is 45.1 Å². The molecule has 2 heteroatoms. The van der Waals surface area contributed by atoms with Gasteiger partial charge in [-0.3, -0.25) is 0 Å². The van der Waals surface area contributed by atoms with Gasteiger partial charge in [0.1, 0.15) is 5.82 Å². The molecule has 0 N–H and O–H groups in total. The fourth-order valence-corrected chi connectivity index (χ4v) is 2.05. The van der Waals surface area contributed by atoms with Crippen molar-refractivity contribution in [2.45, 2.75) is 46.1 Å². The van der Waals surface area contributed by atoms with Crippen molar-refractivity contribution >= 4 is 5.57 Å². The molecular weight excluding hydrogens is 172 g/mol. The van der Waals surface area contributed by atoms with Crippen LogP contribution in [0.15, 0.2) is 12.3 Å². The van der Waals surface area contributed by atoms with Crippen LogP contribution in [0.5, 0.6) is 0 Å². The van der Waals surface area contributed by atoms with E-state index in [0.717, 1.165) is 12.4 Å². The quantitative estimate of drug-likeness (QED) is 0.700. The maximum absolute atomic E-state index is 4.60. The van der Waals surface area contributed by atoms with Gasteiger partial charge in [0.2, 0.25) is 0 Å². The maximum atomic E-state index is 4.60. The normalized spacial score (nSPS) is 16.9. The Morgan fingerprint density at radius 3 is 2.86 bits per heavy atom. The van der Waals surface area contributed by atoms with Gasteiger partial charge >= 0.3 is 0 Å². The molecule has 1 aliphatic rings. The zero-order valence-electron chi connectivity index (χ0n) is 9.08. The number of hydrogen-bond acceptors (Lipinski definition) is 1. The third-order valence-corrected chi connectivity index (χ3v) is 2.94. The summed E-state index contributed by atoms with van der Waals surface area (Å²) in [5, 5.41) is 0. The number of allylic oxidation sites excluding steroid dienone is 2. The molecule has 0 atom stereocenters. The molecule has 0 bridgehead atoms. The number of nitrogens with zero attached hydrogens (tertiary/aromatic N) is 2. The third-order valence-electron chi connectivity index (χ3n) is 2.94. The first-order valence-corrected chi connectivity index (χ1v) is 5.54. The van der Waals surface area contributed by atoms with Crippen LogP contribution in [-0.2, 0) is 6.54 Å². The van der Waals surface area contributed by atoms with E-state index >= 15 is 0 Å². The predicted octanol–water partition coefficient (Wildman–Crippen LogP) is 3.17. The Morgan fingerprint density at radius 1 is 1.43 bits per heavy atom. The van der Waals surface area contributed by atoms with Crippen molar-refractivity contribution in [3.8, 4) is 0 Å². The molecule has 1 aromatic heterocycles. The maximum Gasteiger partial charge on any atom is 0.106 e. The SMILES string of the molecule is CCn1cc(C2=CCCCC2)nc1C. The lowest BCUT2D eigenvalue weighted by Gasteiger charge is -2.09. The summed E-state index contributed by atoms with van der Waals surface area (Å²) in [5.74, 6) is 1.13. The van der Waals surface area contributed by atoms with Crippen LogP contribution < -0.4 is 0 Å². The molecule has 76 valence electrons. The van der Waals surface area contributed by atoms with E-state index in [0.29, 0.717) is 0 Å². The summed E-state index contributed by atoms with van der Waals surface area (Å²) in [4.78, 5) is 4.60. The van der Waals surface area contributed by atoms with E-state index in [1.807, 2.05) is 0 Å². The highest BCUT2D eigenvalue weighted by Gasteiger charge is 2.10. The van der Waals surface area contributed by atoms with Crippen molar-refractivity contribution in [1.29, 1.82) is 0 Å². The molecule has 2 nitrogen and oxygen atoms in total. The lowest BCUT2D eigenvalue weighted by Crippen LogP contribution is -1.93. The van der Waals surface area contributed by atoms with Crippen LogP contribution in [0, 0.1) is 6.92 Å². The van der Waals surface area contributed by atoms with Crippen LogP contribution in [0.25, 0.3) is 5.57 Å². The van der Waals surface area contributed by atoms with Gasteiger partial charge in [-0.25, -0.2) is 4.98 Å². The van der Waals surface area contributed by atoms with Gasteiger partial charge < -0.3 is 4.57 Å². The average molecular weight is 190 g/mol. The van der Waals surface area contributed by atoms with Crippen molar-refractivity contribution in [2.24, 2.45) is 0 Å². The van der Waals surface area contributed by atoms with Gasteiger partial charge in [-0.15, -0.1) is 0 Å². The van der Waals surface area contributed by atoms with E-state index in [4.69, 9.17) is 0 Å². The van der Waals surface area contributed by atoms with Gasteiger partial charge in [0.25, 0.3) is 0 Å². The van der Waals surface area contributed by atoms with E-state index in [-0.39, 0.29) is 0 Å². The highest BCUT2D eigenvalue weighted by atomic mass is 15.1. The Morgan fingerprint density at radius 2 is 2.29 bits per heavy atom. The smallest absolute Gasteiger partial charge is 0.106 e. The van der Waals surface area contributed by atoms with Crippen LogP contribution in [0.2, 0.25) is 0 Å². The van der Waals surface area contributed by atoms with Crippen LogP contribution >= 0.6 is 0 Å². The molecule has 0 aromatic carbocycles. The van der Waals surface area contributed by atoms with Crippen LogP contribution in [0.4, 0.5) is 0 Å². The number of rotatable bonds is 2. The third kappa shape index (κ3) is 1.74. The molecule has 0 fully saturated rings. The van der Waals surface area contributed by atoms with Crippen molar-refractivity contribution in [2.75, 3.05) is 0 Å². The molecule has 0 aliphatic heterocycles. The Balaban J connectivity index is 2.27. The fraction of sp³-hybridized carbons (Fsp3) is 0.583. The minimum atomic E-state index is 1.02. The Kier molecular flexibility index (Phi) is 2.71. The number of hydrogen-bond donors (Lipinski definition) is 0. The summed E-state index contributed by atoms with van der Waals surface area (Å²) >= 11 is 0. The summed E-state index contributed by atoms with van der Waals surface area (Å²) in [6, 6.07) is 0. The van der Waals surface area contributed by atoms with Gasteiger partial charge in [0.05, 0.1) is 5.69 Å². The minimum absolute atomic E-state index is 1.02. The van der Waals surface area contributed by atoms with E-state index in [1.54, 1.807) is 0 Å². The molecule has 2 rings (SSSR count). The van der Waals surface area contributed by atoms with E-state index < -0.39 is 0 Å². The molecule has 0 saturated carbocycles. The lowest BCUT2D eigenvalue weighted by molar-refractivity contribution is 0.729. The molecule has 1 aliphatic carbocycles.